The van der Waals surface area contributed by atoms with Gasteiger partial charge in [0.15, 0.2) is 0 Å². The maximum absolute atomic E-state index is 10.2. The Kier molecular flexibility index (Phi) is 5.43. The van der Waals surface area contributed by atoms with E-state index in [1.807, 2.05) is 6.92 Å². The van der Waals surface area contributed by atoms with E-state index in [2.05, 4.69) is 13.8 Å². The van der Waals surface area contributed by atoms with Crippen LogP contribution in [0.4, 0.5) is 0 Å². The lowest BCUT2D eigenvalue weighted by Gasteiger charge is -2.11. The van der Waals surface area contributed by atoms with Gasteiger partial charge in [0.25, 0.3) is 0 Å². The second-order valence-corrected chi connectivity index (χ2v) is 3.42. The summed E-state index contributed by atoms with van der Waals surface area (Å²) in [6.07, 6.45) is 5.22. The second kappa shape index (κ2) is 5.81. The zero-order valence-corrected chi connectivity index (χ0v) is 8.08. The molecular formula is C10H18O2. The van der Waals surface area contributed by atoms with Gasteiger partial charge in [-0.15, -0.1) is 0 Å². The van der Waals surface area contributed by atoms with Crippen LogP contribution < -0.4 is 0 Å². The topological polar surface area (TPSA) is 37.3 Å². The van der Waals surface area contributed by atoms with Crippen molar-refractivity contribution in [2.45, 2.75) is 33.6 Å². The Balaban J connectivity index is 3.72. The Bertz CT molecular complexity index is 161. The molecule has 0 aromatic rings. The normalized spacial score (nSPS) is 16.2. The molecule has 0 aromatic carbocycles. The number of carboxylic acid groups (broad SMARTS) is 1. The number of carboxylic acids is 1. The molecule has 0 aliphatic carbocycles. The minimum Gasteiger partial charge on any atom is -0.478 e. The summed E-state index contributed by atoms with van der Waals surface area (Å²) in [6, 6.07) is 0. The van der Waals surface area contributed by atoms with Gasteiger partial charge >= 0.3 is 5.97 Å². The van der Waals surface area contributed by atoms with Gasteiger partial charge in [-0.05, 0) is 18.3 Å². The van der Waals surface area contributed by atoms with Gasteiger partial charge in [-0.1, -0.05) is 33.3 Å². The molecule has 70 valence electrons. The highest BCUT2D eigenvalue weighted by Gasteiger charge is 2.03. The predicted octanol–water partition coefficient (Wildman–Crippen LogP) is 2.70. The zero-order valence-electron chi connectivity index (χ0n) is 8.08. The van der Waals surface area contributed by atoms with Crippen molar-refractivity contribution in [3.63, 3.8) is 0 Å². The Morgan fingerprint density at radius 1 is 1.50 bits per heavy atom. The summed E-state index contributed by atoms with van der Waals surface area (Å²) in [5, 5.41) is 8.37. The van der Waals surface area contributed by atoms with Crippen LogP contribution in [-0.2, 0) is 4.79 Å². The molecule has 0 aliphatic rings. The molecule has 0 bridgehead atoms. The Labute approximate surface area is 74.3 Å². The van der Waals surface area contributed by atoms with Gasteiger partial charge in [-0.3, -0.25) is 0 Å². The molecular weight excluding hydrogens is 152 g/mol. The van der Waals surface area contributed by atoms with Gasteiger partial charge in [-0.2, -0.15) is 0 Å². The van der Waals surface area contributed by atoms with Crippen LogP contribution in [0.2, 0.25) is 0 Å². The van der Waals surface area contributed by atoms with Gasteiger partial charge in [-0.25, -0.2) is 4.79 Å². The molecule has 0 radical (unpaired) electrons. The predicted molar refractivity (Wildman–Crippen MR) is 50.0 cm³/mol. The molecule has 1 unspecified atom stereocenters. The highest BCUT2D eigenvalue weighted by atomic mass is 16.4. The maximum Gasteiger partial charge on any atom is 0.327 e. The van der Waals surface area contributed by atoms with Crippen LogP contribution in [0.3, 0.4) is 0 Å². The van der Waals surface area contributed by atoms with Crippen LogP contribution in [0.15, 0.2) is 12.2 Å². The minimum absolute atomic E-state index is 0.371. The van der Waals surface area contributed by atoms with Crippen LogP contribution in [0.1, 0.15) is 33.6 Å². The average molecular weight is 170 g/mol. The molecule has 0 fully saturated rings. The maximum atomic E-state index is 10.2. The molecule has 2 heteroatoms. The molecule has 2 atom stereocenters. The van der Waals surface area contributed by atoms with Gasteiger partial charge in [0.1, 0.15) is 0 Å². The lowest BCUT2D eigenvalue weighted by molar-refractivity contribution is -0.131. The standard InChI is InChI=1S/C10H18O2/c1-4-8(2)7-9(3)5-6-10(11)12/h5-6,8-9H,4,7H2,1-3H3,(H,11,12)/b6-5+/t8?,9-/m1/s1. The fourth-order valence-corrected chi connectivity index (χ4v) is 1.13. The molecule has 2 nitrogen and oxygen atoms in total. The van der Waals surface area contributed by atoms with E-state index < -0.39 is 5.97 Å². The number of allylic oxidation sites excluding steroid dienone is 1. The molecule has 0 aliphatic heterocycles. The first kappa shape index (κ1) is 11.2. The van der Waals surface area contributed by atoms with E-state index in [1.165, 1.54) is 6.08 Å². The van der Waals surface area contributed by atoms with Crippen molar-refractivity contribution in [3.05, 3.63) is 12.2 Å². The van der Waals surface area contributed by atoms with Crippen molar-refractivity contribution < 1.29 is 9.90 Å². The third-order valence-corrected chi connectivity index (χ3v) is 2.04. The first-order valence-corrected chi connectivity index (χ1v) is 4.47. The van der Waals surface area contributed by atoms with E-state index in [4.69, 9.17) is 5.11 Å². The highest BCUT2D eigenvalue weighted by Crippen LogP contribution is 2.15. The molecule has 0 rings (SSSR count). The van der Waals surface area contributed by atoms with Gasteiger partial charge in [0.2, 0.25) is 0 Å². The quantitative estimate of drug-likeness (QED) is 0.644. The molecule has 0 aromatic heterocycles. The molecule has 1 N–H and O–H groups in total. The van der Waals surface area contributed by atoms with E-state index in [1.54, 1.807) is 6.08 Å². The van der Waals surface area contributed by atoms with E-state index in [-0.39, 0.29) is 0 Å². The Hall–Kier alpha value is -0.790. The number of hydrogen-bond donors (Lipinski definition) is 1. The summed E-state index contributed by atoms with van der Waals surface area (Å²) < 4.78 is 0. The molecule has 0 heterocycles. The van der Waals surface area contributed by atoms with Crippen LogP contribution in [0.25, 0.3) is 0 Å². The fourth-order valence-electron chi connectivity index (χ4n) is 1.13. The molecule has 0 saturated heterocycles. The molecule has 0 spiro atoms. The van der Waals surface area contributed by atoms with E-state index in [0.29, 0.717) is 11.8 Å². The van der Waals surface area contributed by atoms with Crippen molar-refractivity contribution in [1.29, 1.82) is 0 Å². The van der Waals surface area contributed by atoms with Crippen molar-refractivity contribution in [2.24, 2.45) is 11.8 Å². The third kappa shape index (κ3) is 5.96. The number of aliphatic carboxylic acids is 1. The van der Waals surface area contributed by atoms with Crippen molar-refractivity contribution in [2.75, 3.05) is 0 Å². The number of rotatable bonds is 5. The second-order valence-electron chi connectivity index (χ2n) is 3.42. The Morgan fingerprint density at radius 3 is 2.50 bits per heavy atom. The lowest BCUT2D eigenvalue weighted by Crippen LogP contribution is -2.00. The molecule has 12 heavy (non-hydrogen) atoms. The summed E-state index contributed by atoms with van der Waals surface area (Å²) >= 11 is 0. The largest absolute Gasteiger partial charge is 0.478 e. The fraction of sp³-hybridized carbons (Fsp3) is 0.700. The first-order valence-electron chi connectivity index (χ1n) is 4.47. The van der Waals surface area contributed by atoms with Crippen LogP contribution in [0, 0.1) is 11.8 Å². The van der Waals surface area contributed by atoms with Crippen molar-refractivity contribution >= 4 is 5.97 Å². The van der Waals surface area contributed by atoms with Gasteiger partial charge in [0, 0.05) is 6.08 Å². The lowest BCUT2D eigenvalue weighted by atomic mass is 9.95. The van der Waals surface area contributed by atoms with Gasteiger partial charge < -0.3 is 5.11 Å². The summed E-state index contributed by atoms with van der Waals surface area (Å²) in [4.78, 5) is 10.2. The first-order chi connectivity index (χ1) is 5.56. The van der Waals surface area contributed by atoms with Crippen molar-refractivity contribution in [1.82, 2.24) is 0 Å². The number of carbonyl (C=O) groups is 1. The van der Waals surface area contributed by atoms with E-state index >= 15 is 0 Å². The monoisotopic (exact) mass is 170 g/mol. The zero-order chi connectivity index (χ0) is 9.56. The van der Waals surface area contributed by atoms with Gasteiger partial charge in [0.05, 0.1) is 0 Å². The summed E-state index contributed by atoms with van der Waals surface area (Å²) in [6.45, 7) is 6.38. The summed E-state index contributed by atoms with van der Waals surface area (Å²) in [5.74, 6) is 0.195. The van der Waals surface area contributed by atoms with Crippen LogP contribution in [0.5, 0.6) is 0 Å². The molecule has 0 saturated carbocycles. The SMILES string of the molecule is CCC(C)C[C@H](C)/C=C/C(=O)O. The average Bonchev–Trinajstić information content (AvgIpc) is 2.00. The number of hydrogen-bond acceptors (Lipinski definition) is 1. The molecule has 0 amide bonds. The van der Waals surface area contributed by atoms with E-state index in [9.17, 15) is 4.79 Å². The van der Waals surface area contributed by atoms with Crippen LogP contribution >= 0.6 is 0 Å². The Morgan fingerprint density at radius 2 is 2.08 bits per heavy atom. The summed E-state index contributed by atoms with van der Waals surface area (Å²) in [7, 11) is 0. The van der Waals surface area contributed by atoms with E-state index in [0.717, 1.165) is 12.8 Å². The third-order valence-electron chi connectivity index (χ3n) is 2.04. The smallest absolute Gasteiger partial charge is 0.327 e. The summed E-state index contributed by atoms with van der Waals surface area (Å²) in [5.41, 5.74) is 0. The van der Waals surface area contributed by atoms with Crippen LogP contribution in [-0.4, -0.2) is 11.1 Å². The van der Waals surface area contributed by atoms with Crippen molar-refractivity contribution in [3.8, 4) is 0 Å². The highest BCUT2D eigenvalue weighted by molar-refractivity contribution is 5.79. The minimum atomic E-state index is -0.856.